The lowest BCUT2D eigenvalue weighted by molar-refractivity contribution is 0.0697. The zero-order valence-corrected chi connectivity index (χ0v) is 14.8. The minimum atomic E-state index is -0.248. The molecule has 0 unspecified atom stereocenters. The van der Waals surface area contributed by atoms with Gasteiger partial charge in [0.25, 0.3) is 11.8 Å². The Hall–Kier alpha value is -2.18. The van der Waals surface area contributed by atoms with E-state index < -0.39 is 0 Å². The molecule has 2 heterocycles. The van der Waals surface area contributed by atoms with Crippen LogP contribution in [-0.2, 0) is 0 Å². The number of rotatable bonds is 3. The summed E-state index contributed by atoms with van der Waals surface area (Å²) in [6, 6.07) is 4.87. The number of halogens is 2. The molecule has 1 aromatic heterocycles. The van der Waals surface area contributed by atoms with Crippen LogP contribution in [0.5, 0.6) is 0 Å². The van der Waals surface area contributed by atoms with Crippen molar-refractivity contribution in [3.05, 3.63) is 58.1 Å². The SMILES string of the molecule is O=C(NC1CCN(C(=O)c2ccc(Cl)c(Cl)c2)CC1)c1cnccn1. The van der Waals surface area contributed by atoms with Gasteiger partial charge < -0.3 is 10.2 Å². The van der Waals surface area contributed by atoms with Crippen molar-refractivity contribution in [3.8, 4) is 0 Å². The Kier molecular flexibility index (Phi) is 5.50. The normalized spacial score (nSPS) is 15.0. The molecule has 1 aliphatic rings. The molecule has 0 saturated carbocycles. The number of hydrogen-bond acceptors (Lipinski definition) is 4. The standard InChI is InChI=1S/C17H16Cl2N4O2/c18-13-2-1-11(9-14(13)19)17(25)23-7-3-12(4-8-23)22-16(24)15-10-20-5-6-21-15/h1-2,5-6,9-10,12H,3-4,7-8H2,(H,22,24). The van der Waals surface area contributed by atoms with Crippen molar-refractivity contribution in [2.75, 3.05) is 13.1 Å². The topological polar surface area (TPSA) is 75.2 Å². The van der Waals surface area contributed by atoms with Gasteiger partial charge in [0.05, 0.1) is 16.2 Å². The van der Waals surface area contributed by atoms with E-state index in [1.807, 2.05) is 0 Å². The van der Waals surface area contributed by atoms with Crippen LogP contribution >= 0.6 is 23.2 Å². The predicted octanol–water partition coefficient (Wildman–Crippen LogP) is 2.82. The minimum Gasteiger partial charge on any atom is -0.348 e. The molecule has 6 nitrogen and oxygen atoms in total. The van der Waals surface area contributed by atoms with Crippen LogP contribution in [0.3, 0.4) is 0 Å². The quantitative estimate of drug-likeness (QED) is 0.890. The zero-order valence-electron chi connectivity index (χ0n) is 13.3. The first kappa shape index (κ1) is 17.6. The van der Waals surface area contributed by atoms with Crippen molar-refractivity contribution in [1.82, 2.24) is 20.2 Å². The Labute approximate surface area is 155 Å². The van der Waals surface area contributed by atoms with Gasteiger partial charge in [0.2, 0.25) is 0 Å². The van der Waals surface area contributed by atoms with Crippen molar-refractivity contribution in [2.45, 2.75) is 18.9 Å². The van der Waals surface area contributed by atoms with E-state index >= 15 is 0 Å². The van der Waals surface area contributed by atoms with Crippen molar-refractivity contribution < 1.29 is 9.59 Å². The van der Waals surface area contributed by atoms with Gasteiger partial charge in [-0.05, 0) is 31.0 Å². The molecule has 0 bridgehead atoms. The van der Waals surface area contributed by atoms with E-state index in [1.165, 1.54) is 18.6 Å². The Morgan fingerprint density at radius 3 is 2.52 bits per heavy atom. The first-order valence-corrected chi connectivity index (χ1v) is 8.61. The molecule has 25 heavy (non-hydrogen) atoms. The summed E-state index contributed by atoms with van der Waals surface area (Å²) in [4.78, 5) is 34.2. The summed E-state index contributed by atoms with van der Waals surface area (Å²) < 4.78 is 0. The monoisotopic (exact) mass is 378 g/mol. The van der Waals surface area contributed by atoms with Gasteiger partial charge in [-0.1, -0.05) is 23.2 Å². The van der Waals surface area contributed by atoms with Crippen LogP contribution in [0, 0.1) is 0 Å². The number of benzene rings is 1. The minimum absolute atomic E-state index is 0.00682. The lowest BCUT2D eigenvalue weighted by Gasteiger charge is -2.32. The smallest absolute Gasteiger partial charge is 0.271 e. The maximum Gasteiger partial charge on any atom is 0.271 e. The van der Waals surface area contributed by atoms with Gasteiger partial charge in [0.15, 0.2) is 0 Å². The summed E-state index contributed by atoms with van der Waals surface area (Å²) in [6.45, 7) is 1.12. The van der Waals surface area contributed by atoms with E-state index in [2.05, 4.69) is 15.3 Å². The van der Waals surface area contributed by atoms with E-state index in [-0.39, 0.29) is 23.6 Å². The number of amides is 2. The largest absolute Gasteiger partial charge is 0.348 e. The third kappa shape index (κ3) is 4.27. The summed E-state index contributed by atoms with van der Waals surface area (Å²) >= 11 is 11.9. The van der Waals surface area contributed by atoms with Crippen LogP contribution in [0.15, 0.2) is 36.8 Å². The van der Waals surface area contributed by atoms with Crippen LogP contribution in [-0.4, -0.2) is 45.8 Å². The number of hydrogen-bond donors (Lipinski definition) is 1. The molecule has 0 spiro atoms. The number of nitrogens with zero attached hydrogens (tertiary/aromatic N) is 3. The van der Waals surface area contributed by atoms with Crippen molar-refractivity contribution >= 4 is 35.0 Å². The van der Waals surface area contributed by atoms with Crippen LogP contribution < -0.4 is 5.32 Å². The molecule has 2 aromatic rings. The summed E-state index contributed by atoms with van der Waals surface area (Å²) in [6.07, 6.45) is 5.79. The molecule has 0 radical (unpaired) electrons. The van der Waals surface area contributed by atoms with E-state index in [1.54, 1.807) is 23.1 Å². The highest BCUT2D eigenvalue weighted by atomic mass is 35.5. The molecule has 1 aliphatic heterocycles. The summed E-state index contributed by atoms with van der Waals surface area (Å²) in [5, 5.41) is 3.71. The van der Waals surface area contributed by atoms with Crippen LogP contribution in [0.25, 0.3) is 0 Å². The molecule has 0 atom stereocenters. The number of nitrogens with one attached hydrogen (secondary N) is 1. The van der Waals surface area contributed by atoms with Crippen LogP contribution in [0.1, 0.15) is 33.7 Å². The molecular weight excluding hydrogens is 363 g/mol. The van der Waals surface area contributed by atoms with E-state index in [4.69, 9.17) is 23.2 Å². The van der Waals surface area contributed by atoms with Crippen molar-refractivity contribution in [2.24, 2.45) is 0 Å². The number of likely N-dealkylation sites (tertiary alicyclic amines) is 1. The van der Waals surface area contributed by atoms with Gasteiger partial charge in [0.1, 0.15) is 5.69 Å². The average Bonchev–Trinajstić information content (AvgIpc) is 2.65. The third-order valence-corrected chi connectivity index (χ3v) is 4.82. The van der Waals surface area contributed by atoms with Gasteiger partial charge in [0, 0.05) is 37.1 Å². The van der Waals surface area contributed by atoms with Crippen LogP contribution in [0.2, 0.25) is 10.0 Å². The van der Waals surface area contributed by atoms with E-state index in [0.29, 0.717) is 41.5 Å². The second kappa shape index (κ2) is 7.80. The molecule has 1 N–H and O–H groups in total. The highest BCUT2D eigenvalue weighted by molar-refractivity contribution is 6.42. The van der Waals surface area contributed by atoms with Crippen LogP contribution in [0.4, 0.5) is 0 Å². The maximum absolute atomic E-state index is 12.5. The van der Waals surface area contributed by atoms with E-state index in [9.17, 15) is 9.59 Å². The third-order valence-electron chi connectivity index (χ3n) is 4.08. The number of piperidine rings is 1. The van der Waals surface area contributed by atoms with Gasteiger partial charge in [-0.15, -0.1) is 0 Å². The lowest BCUT2D eigenvalue weighted by Crippen LogP contribution is -2.46. The van der Waals surface area contributed by atoms with E-state index in [0.717, 1.165) is 0 Å². The second-order valence-corrected chi connectivity index (χ2v) is 6.57. The fraction of sp³-hybridized carbons (Fsp3) is 0.294. The van der Waals surface area contributed by atoms with Gasteiger partial charge in [-0.3, -0.25) is 14.6 Å². The number of aromatic nitrogens is 2. The van der Waals surface area contributed by atoms with Crippen molar-refractivity contribution in [1.29, 1.82) is 0 Å². The molecule has 130 valence electrons. The maximum atomic E-state index is 12.5. The number of carbonyl (C=O) groups is 2. The number of carbonyl (C=O) groups excluding carboxylic acids is 2. The molecule has 1 aromatic carbocycles. The predicted molar refractivity (Wildman–Crippen MR) is 94.9 cm³/mol. The molecule has 1 fully saturated rings. The Morgan fingerprint density at radius 2 is 1.88 bits per heavy atom. The van der Waals surface area contributed by atoms with Crippen molar-refractivity contribution in [3.63, 3.8) is 0 Å². The fourth-order valence-corrected chi connectivity index (χ4v) is 3.01. The summed E-state index contributed by atoms with van der Waals surface area (Å²) in [5.74, 6) is -0.334. The molecular formula is C17H16Cl2N4O2. The summed E-state index contributed by atoms with van der Waals surface area (Å²) in [7, 11) is 0. The lowest BCUT2D eigenvalue weighted by atomic mass is 10.0. The van der Waals surface area contributed by atoms with Gasteiger partial charge in [-0.2, -0.15) is 0 Å². The molecule has 0 aliphatic carbocycles. The van der Waals surface area contributed by atoms with Gasteiger partial charge in [-0.25, -0.2) is 4.98 Å². The Morgan fingerprint density at radius 1 is 1.12 bits per heavy atom. The molecule has 3 rings (SSSR count). The molecule has 2 amide bonds. The first-order chi connectivity index (χ1) is 12.0. The zero-order chi connectivity index (χ0) is 17.8. The second-order valence-electron chi connectivity index (χ2n) is 5.76. The first-order valence-electron chi connectivity index (χ1n) is 7.86. The average molecular weight is 379 g/mol. The summed E-state index contributed by atoms with van der Waals surface area (Å²) in [5.41, 5.74) is 0.799. The fourth-order valence-electron chi connectivity index (χ4n) is 2.71. The molecule has 1 saturated heterocycles. The Bertz CT molecular complexity index is 777. The highest BCUT2D eigenvalue weighted by Gasteiger charge is 2.25. The Balaban J connectivity index is 1.55. The molecule has 8 heteroatoms. The highest BCUT2D eigenvalue weighted by Crippen LogP contribution is 2.24. The van der Waals surface area contributed by atoms with Gasteiger partial charge >= 0.3 is 0 Å².